The number of hydrogen-bond donors (Lipinski definition) is 1. The Morgan fingerprint density at radius 1 is 0.815 bits per heavy atom. The highest BCUT2D eigenvalue weighted by molar-refractivity contribution is 5.43. The Morgan fingerprint density at radius 3 is 2.41 bits per heavy atom. The second-order valence-electron chi connectivity index (χ2n) is 6.32. The lowest BCUT2D eigenvalue weighted by Gasteiger charge is -2.13. The molecule has 0 bridgehead atoms. The van der Waals surface area contributed by atoms with Crippen LogP contribution in [-0.2, 0) is 19.6 Å². The molecule has 0 radical (unpaired) electrons. The average Bonchev–Trinajstić information content (AvgIpc) is 2.71. The van der Waals surface area contributed by atoms with Crippen LogP contribution >= 0.6 is 0 Å². The molecule has 27 heavy (non-hydrogen) atoms. The molecule has 0 heterocycles. The van der Waals surface area contributed by atoms with Crippen molar-refractivity contribution in [3.63, 3.8) is 0 Å². The summed E-state index contributed by atoms with van der Waals surface area (Å²) in [6.45, 7) is 2.03. The van der Waals surface area contributed by atoms with Gasteiger partial charge in [0.15, 0.2) is 11.5 Å². The zero-order chi connectivity index (χ0) is 18.9. The van der Waals surface area contributed by atoms with Gasteiger partial charge in [-0.3, -0.25) is 0 Å². The smallest absolute Gasteiger partial charge is 0.161 e. The van der Waals surface area contributed by atoms with Gasteiger partial charge in [-0.25, -0.2) is 4.39 Å². The van der Waals surface area contributed by atoms with Crippen LogP contribution in [0, 0.1) is 5.82 Å². The fraction of sp³-hybridized carbons (Fsp3) is 0.217. The second kappa shape index (κ2) is 9.74. The molecule has 0 unspecified atom stereocenters. The summed E-state index contributed by atoms with van der Waals surface area (Å²) in [6, 6.07) is 22.7. The number of benzene rings is 3. The van der Waals surface area contributed by atoms with E-state index in [1.807, 2.05) is 42.5 Å². The lowest BCUT2D eigenvalue weighted by atomic mass is 10.1. The van der Waals surface area contributed by atoms with Crippen molar-refractivity contribution in [2.45, 2.75) is 19.6 Å². The molecule has 0 saturated carbocycles. The quantitative estimate of drug-likeness (QED) is 0.555. The van der Waals surface area contributed by atoms with Gasteiger partial charge in [-0.15, -0.1) is 0 Å². The Hall–Kier alpha value is -2.85. The van der Waals surface area contributed by atoms with Crippen molar-refractivity contribution in [2.24, 2.45) is 0 Å². The van der Waals surface area contributed by atoms with Crippen molar-refractivity contribution in [1.82, 2.24) is 5.32 Å². The minimum Gasteiger partial charge on any atom is -0.493 e. The third-order valence-corrected chi connectivity index (χ3v) is 4.27. The van der Waals surface area contributed by atoms with Crippen molar-refractivity contribution >= 4 is 0 Å². The number of rotatable bonds is 9. The van der Waals surface area contributed by atoms with Gasteiger partial charge in [0, 0.05) is 6.54 Å². The summed E-state index contributed by atoms with van der Waals surface area (Å²) >= 11 is 0. The first-order chi connectivity index (χ1) is 13.2. The Labute approximate surface area is 159 Å². The van der Waals surface area contributed by atoms with Crippen molar-refractivity contribution in [2.75, 3.05) is 13.7 Å². The molecule has 1 N–H and O–H groups in total. The van der Waals surface area contributed by atoms with Crippen LogP contribution < -0.4 is 14.8 Å². The molecule has 0 aliphatic heterocycles. The maximum Gasteiger partial charge on any atom is 0.161 e. The molecule has 4 heteroatoms. The van der Waals surface area contributed by atoms with E-state index in [9.17, 15) is 4.39 Å². The van der Waals surface area contributed by atoms with Gasteiger partial charge in [-0.1, -0.05) is 48.5 Å². The highest BCUT2D eigenvalue weighted by Gasteiger charge is 2.07. The molecule has 140 valence electrons. The van der Waals surface area contributed by atoms with E-state index in [4.69, 9.17) is 9.47 Å². The third-order valence-electron chi connectivity index (χ3n) is 4.27. The fourth-order valence-corrected chi connectivity index (χ4v) is 2.84. The second-order valence-corrected chi connectivity index (χ2v) is 6.32. The van der Waals surface area contributed by atoms with Crippen molar-refractivity contribution in [3.8, 4) is 11.5 Å². The predicted octanol–water partition coefficient (Wildman–Crippen LogP) is 4.75. The van der Waals surface area contributed by atoms with Crippen LogP contribution in [0.25, 0.3) is 0 Å². The summed E-state index contributed by atoms with van der Waals surface area (Å²) in [5.41, 5.74) is 3.23. The van der Waals surface area contributed by atoms with E-state index >= 15 is 0 Å². The minimum atomic E-state index is -0.263. The molecule has 3 aromatic rings. The fourth-order valence-electron chi connectivity index (χ4n) is 2.84. The van der Waals surface area contributed by atoms with E-state index in [1.165, 1.54) is 23.3 Å². The zero-order valence-electron chi connectivity index (χ0n) is 15.5. The maximum atomic E-state index is 13.3. The van der Waals surface area contributed by atoms with Crippen LogP contribution in [-0.4, -0.2) is 13.7 Å². The summed E-state index contributed by atoms with van der Waals surface area (Å²) in [5, 5.41) is 3.45. The molecule has 0 atom stereocenters. The normalized spacial score (nSPS) is 10.6. The summed E-state index contributed by atoms with van der Waals surface area (Å²) in [7, 11) is 1.63. The molecule has 0 aromatic heterocycles. The van der Waals surface area contributed by atoms with Crippen molar-refractivity contribution in [1.29, 1.82) is 0 Å². The molecule has 0 amide bonds. The Kier molecular flexibility index (Phi) is 6.83. The van der Waals surface area contributed by atoms with Crippen LogP contribution in [0.1, 0.15) is 16.7 Å². The number of halogens is 1. The van der Waals surface area contributed by atoms with E-state index in [-0.39, 0.29) is 5.82 Å². The first-order valence-electron chi connectivity index (χ1n) is 9.03. The van der Waals surface area contributed by atoms with Gasteiger partial charge in [-0.05, 0) is 53.9 Å². The zero-order valence-corrected chi connectivity index (χ0v) is 15.5. The predicted molar refractivity (Wildman–Crippen MR) is 106 cm³/mol. The van der Waals surface area contributed by atoms with Crippen molar-refractivity contribution < 1.29 is 13.9 Å². The van der Waals surface area contributed by atoms with Gasteiger partial charge in [-0.2, -0.15) is 0 Å². The summed E-state index contributed by atoms with van der Waals surface area (Å²) in [6.07, 6.45) is 0.896. The molecular formula is C23H24FNO2. The lowest BCUT2D eigenvalue weighted by molar-refractivity contribution is 0.284. The minimum absolute atomic E-state index is 0.263. The van der Waals surface area contributed by atoms with E-state index in [2.05, 4.69) is 17.4 Å². The number of nitrogens with one attached hydrogen (secondary N) is 1. The Morgan fingerprint density at radius 2 is 1.63 bits per heavy atom. The van der Waals surface area contributed by atoms with Gasteiger partial charge in [0.25, 0.3) is 0 Å². The standard InChI is InChI=1S/C23H24FNO2/c1-26-23-15-18(12-13-25-16-19-6-3-2-4-7-19)10-11-22(23)27-17-20-8-5-9-21(24)14-20/h2-11,14-15,25H,12-13,16-17H2,1H3. The average molecular weight is 365 g/mol. The van der Waals surface area contributed by atoms with Crippen molar-refractivity contribution in [3.05, 3.63) is 95.3 Å². The van der Waals surface area contributed by atoms with Gasteiger partial charge in [0.2, 0.25) is 0 Å². The molecule has 0 aliphatic carbocycles. The van der Waals surface area contributed by atoms with E-state index in [1.54, 1.807) is 13.2 Å². The molecule has 3 aromatic carbocycles. The number of ether oxygens (including phenoxy) is 2. The van der Waals surface area contributed by atoms with Gasteiger partial charge >= 0.3 is 0 Å². The summed E-state index contributed by atoms with van der Waals surface area (Å²) in [4.78, 5) is 0. The number of methoxy groups -OCH3 is 1. The van der Waals surface area contributed by atoms with E-state index in [0.717, 1.165) is 25.1 Å². The highest BCUT2D eigenvalue weighted by atomic mass is 19.1. The first-order valence-corrected chi connectivity index (χ1v) is 9.03. The SMILES string of the molecule is COc1cc(CCNCc2ccccc2)ccc1OCc1cccc(F)c1. The highest BCUT2D eigenvalue weighted by Crippen LogP contribution is 2.29. The first kappa shape index (κ1) is 18.9. The van der Waals surface area contributed by atoms with Gasteiger partial charge in [0.05, 0.1) is 7.11 Å². The van der Waals surface area contributed by atoms with E-state index in [0.29, 0.717) is 18.1 Å². The van der Waals surface area contributed by atoms with Crippen LogP contribution in [0.2, 0.25) is 0 Å². The third kappa shape index (κ3) is 5.83. The van der Waals surface area contributed by atoms with Crippen LogP contribution in [0.5, 0.6) is 11.5 Å². The molecule has 3 rings (SSSR count). The topological polar surface area (TPSA) is 30.5 Å². The van der Waals surface area contributed by atoms with E-state index < -0.39 is 0 Å². The summed E-state index contributed by atoms with van der Waals surface area (Å²) < 4.78 is 24.5. The summed E-state index contributed by atoms with van der Waals surface area (Å²) in [5.74, 6) is 1.08. The largest absolute Gasteiger partial charge is 0.493 e. The molecular weight excluding hydrogens is 341 g/mol. The monoisotopic (exact) mass is 365 g/mol. The van der Waals surface area contributed by atoms with Crippen LogP contribution in [0.15, 0.2) is 72.8 Å². The molecule has 0 spiro atoms. The van der Waals surface area contributed by atoms with Crippen LogP contribution in [0.3, 0.4) is 0 Å². The van der Waals surface area contributed by atoms with Gasteiger partial charge in [0.1, 0.15) is 12.4 Å². The Balaban J connectivity index is 1.52. The van der Waals surface area contributed by atoms with Crippen LogP contribution in [0.4, 0.5) is 4.39 Å². The molecule has 0 aliphatic rings. The molecule has 0 fully saturated rings. The molecule has 0 saturated heterocycles. The molecule has 3 nitrogen and oxygen atoms in total. The lowest BCUT2D eigenvalue weighted by Crippen LogP contribution is -2.16. The van der Waals surface area contributed by atoms with Gasteiger partial charge < -0.3 is 14.8 Å². The number of hydrogen-bond acceptors (Lipinski definition) is 3. The maximum absolute atomic E-state index is 13.3. The Bertz CT molecular complexity index is 852.